The summed E-state index contributed by atoms with van der Waals surface area (Å²) in [6, 6.07) is 2.77. The van der Waals surface area contributed by atoms with E-state index >= 15 is 0 Å². The van der Waals surface area contributed by atoms with Gasteiger partial charge in [0.15, 0.2) is 0 Å². The summed E-state index contributed by atoms with van der Waals surface area (Å²) in [4.78, 5) is 14.0. The average molecular weight is 400 g/mol. The Balaban J connectivity index is 1.46. The van der Waals surface area contributed by atoms with Gasteiger partial charge in [-0.05, 0) is 37.5 Å². The van der Waals surface area contributed by atoms with Crippen LogP contribution in [-0.2, 0) is 6.18 Å². The van der Waals surface area contributed by atoms with E-state index in [1.54, 1.807) is 6.33 Å². The first kappa shape index (κ1) is 18.1. The molecule has 2 amide bonds. The van der Waals surface area contributed by atoms with E-state index in [9.17, 15) is 18.0 Å². The summed E-state index contributed by atoms with van der Waals surface area (Å²) in [5.41, 5.74) is -1.27. The fourth-order valence-electron chi connectivity index (χ4n) is 3.37. The van der Waals surface area contributed by atoms with Gasteiger partial charge in [0.25, 0.3) is 0 Å². The molecule has 1 aliphatic heterocycles. The van der Waals surface area contributed by atoms with Gasteiger partial charge in [-0.3, -0.25) is 0 Å². The molecule has 0 spiro atoms. The molecule has 6 nitrogen and oxygen atoms in total. The first-order valence-corrected chi connectivity index (χ1v) is 9.03. The minimum absolute atomic E-state index is 0.0358. The summed E-state index contributed by atoms with van der Waals surface area (Å²) in [6.07, 6.45) is -0.0555. The number of hydrogen-bond acceptors (Lipinski definition) is 3. The summed E-state index contributed by atoms with van der Waals surface area (Å²) < 4.78 is 41.6. The van der Waals surface area contributed by atoms with Gasteiger partial charge in [0.05, 0.1) is 17.3 Å². The molecule has 144 valence electrons. The third kappa shape index (κ3) is 3.73. The smallest absolute Gasteiger partial charge is 0.322 e. The second kappa shape index (κ2) is 6.70. The van der Waals surface area contributed by atoms with Gasteiger partial charge in [0.2, 0.25) is 0 Å². The third-order valence-corrected chi connectivity index (χ3v) is 5.15. The average Bonchev–Trinajstić information content (AvgIpc) is 3.14. The number of nitrogens with one attached hydrogen (secondary N) is 1. The van der Waals surface area contributed by atoms with E-state index < -0.39 is 17.8 Å². The van der Waals surface area contributed by atoms with Crippen molar-refractivity contribution in [2.45, 2.75) is 37.4 Å². The fraction of sp³-hybridized carbons (Fsp3) is 0.471. The van der Waals surface area contributed by atoms with Gasteiger partial charge in [0, 0.05) is 24.0 Å². The third-order valence-electron chi connectivity index (χ3n) is 4.92. The van der Waals surface area contributed by atoms with Gasteiger partial charge in [-0.25, -0.2) is 4.79 Å². The highest BCUT2D eigenvalue weighted by Crippen LogP contribution is 2.40. The highest BCUT2D eigenvalue weighted by Gasteiger charge is 2.36. The lowest BCUT2D eigenvalue weighted by Crippen LogP contribution is -2.34. The molecule has 10 heteroatoms. The number of aromatic nitrogens is 3. The molecule has 1 aliphatic carbocycles. The molecular weight excluding hydrogens is 383 g/mol. The molecule has 27 heavy (non-hydrogen) atoms. The minimum Gasteiger partial charge on any atom is -0.322 e. The van der Waals surface area contributed by atoms with Crippen molar-refractivity contribution in [3.8, 4) is 0 Å². The molecule has 4 rings (SSSR count). The summed E-state index contributed by atoms with van der Waals surface area (Å²) in [5, 5.41) is 10.5. The highest BCUT2D eigenvalue weighted by atomic mass is 35.5. The quantitative estimate of drug-likeness (QED) is 0.836. The summed E-state index contributed by atoms with van der Waals surface area (Å²) >= 11 is 5.67. The van der Waals surface area contributed by atoms with Crippen LogP contribution >= 0.6 is 11.6 Å². The number of amides is 2. The number of benzene rings is 1. The lowest BCUT2D eigenvalue weighted by molar-refractivity contribution is -0.136. The number of alkyl halides is 3. The Bertz CT molecular complexity index is 864. The van der Waals surface area contributed by atoms with Crippen molar-refractivity contribution in [2.75, 3.05) is 18.4 Å². The van der Waals surface area contributed by atoms with E-state index in [2.05, 4.69) is 15.5 Å². The maximum Gasteiger partial charge on any atom is 0.418 e. The van der Waals surface area contributed by atoms with Crippen LogP contribution in [-0.4, -0.2) is 38.8 Å². The van der Waals surface area contributed by atoms with Crippen molar-refractivity contribution < 1.29 is 18.0 Å². The maximum atomic E-state index is 13.2. The highest BCUT2D eigenvalue weighted by molar-refractivity contribution is 6.30. The molecule has 1 unspecified atom stereocenters. The number of urea groups is 1. The standard InChI is InChI=1S/C17H17ClF3N5O/c18-11-3-4-14(13(7-11)17(19,20)21)23-16(27)25-6-5-12(8-25)26-9-22-24-15(26)10-1-2-10/h3-4,7,9-10,12H,1-2,5-6,8H2,(H,23,27). The normalized spacial score (nSPS) is 20.1. The van der Waals surface area contributed by atoms with Gasteiger partial charge in [-0.15, -0.1) is 10.2 Å². The first-order chi connectivity index (χ1) is 12.8. The van der Waals surface area contributed by atoms with Crippen molar-refractivity contribution in [3.05, 3.63) is 40.9 Å². The predicted octanol–water partition coefficient (Wildman–Crippen LogP) is 4.31. The SMILES string of the molecule is O=C(Nc1ccc(Cl)cc1C(F)(F)F)N1CCC(n2cnnc2C2CC2)C1. The van der Waals surface area contributed by atoms with E-state index in [-0.39, 0.29) is 16.8 Å². The molecule has 1 N–H and O–H groups in total. The number of rotatable bonds is 3. The van der Waals surface area contributed by atoms with Gasteiger partial charge >= 0.3 is 12.2 Å². The second-order valence-corrected chi connectivity index (χ2v) is 7.31. The molecular formula is C17H17ClF3N5O. The zero-order valence-electron chi connectivity index (χ0n) is 14.2. The molecule has 2 heterocycles. The molecule has 1 aromatic carbocycles. The second-order valence-electron chi connectivity index (χ2n) is 6.88. The number of nitrogens with zero attached hydrogens (tertiary/aromatic N) is 4. The summed E-state index contributed by atoms with van der Waals surface area (Å²) in [6.45, 7) is 0.853. The Kier molecular flexibility index (Phi) is 4.49. The number of halogens is 4. The molecule has 1 atom stereocenters. The fourth-order valence-corrected chi connectivity index (χ4v) is 3.55. The van der Waals surface area contributed by atoms with Crippen molar-refractivity contribution in [3.63, 3.8) is 0 Å². The van der Waals surface area contributed by atoms with Crippen LogP contribution in [0.3, 0.4) is 0 Å². The number of hydrogen-bond donors (Lipinski definition) is 1. The molecule has 2 fully saturated rings. The predicted molar refractivity (Wildman–Crippen MR) is 92.7 cm³/mol. The van der Waals surface area contributed by atoms with Gasteiger partial charge in [0.1, 0.15) is 12.2 Å². The number of anilines is 1. The van der Waals surface area contributed by atoms with Crippen LogP contribution in [0.25, 0.3) is 0 Å². The molecule has 1 saturated heterocycles. The number of carbonyl (C=O) groups excluding carboxylic acids is 1. The number of carbonyl (C=O) groups is 1. The van der Waals surface area contributed by atoms with Crippen molar-refractivity contribution in [1.82, 2.24) is 19.7 Å². The van der Waals surface area contributed by atoms with E-state index in [1.165, 1.54) is 17.0 Å². The molecule has 2 aliphatic rings. The zero-order chi connectivity index (χ0) is 19.2. The molecule has 0 bridgehead atoms. The van der Waals surface area contributed by atoms with Crippen LogP contribution in [0.1, 0.15) is 42.6 Å². The van der Waals surface area contributed by atoms with Crippen LogP contribution in [0, 0.1) is 0 Å². The van der Waals surface area contributed by atoms with E-state index in [0.29, 0.717) is 25.4 Å². The van der Waals surface area contributed by atoms with Crippen LogP contribution in [0.4, 0.5) is 23.7 Å². The molecule has 1 saturated carbocycles. The van der Waals surface area contributed by atoms with Crippen LogP contribution in [0.5, 0.6) is 0 Å². The van der Waals surface area contributed by atoms with Gasteiger partial charge < -0.3 is 14.8 Å². The number of likely N-dealkylation sites (tertiary alicyclic amines) is 1. The van der Waals surface area contributed by atoms with E-state index in [1.807, 2.05) is 4.57 Å². The molecule has 0 radical (unpaired) electrons. The Hall–Kier alpha value is -2.29. The Morgan fingerprint density at radius 1 is 1.26 bits per heavy atom. The largest absolute Gasteiger partial charge is 0.418 e. The topological polar surface area (TPSA) is 63.1 Å². The van der Waals surface area contributed by atoms with Crippen molar-refractivity contribution in [2.24, 2.45) is 0 Å². The van der Waals surface area contributed by atoms with Crippen LogP contribution in [0.2, 0.25) is 5.02 Å². The van der Waals surface area contributed by atoms with Gasteiger partial charge in [-0.2, -0.15) is 13.2 Å². The van der Waals surface area contributed by atoms with Crippen molar-refractivity contribution >= 4 is 23.3 Å². The van der Waals surface area contributed by atoms with Gasteiger partial charge in [-0.1, -0.05) is 11.6 Å². The zero-order valence-corrected chi connectivity index (χ0v) is 15.0. The summed E-state index contributed by atoms with van der Waals surface area (Å²) in [5.74, 6) is 1.36. The lowest BCUT2D eigenvalue weighted by atomic mass is 10.1. The Morgan fingerprint density at radius 3 is 2.74 bits per heavy atom. The maximum absolute atomic E-state index is 13.2. The monoisotopic (exact) mass is 399 g/mol. The molecule has 1 aromatic heterocycles. The first-order valence-electron chi connectivity index (χ1n) is 8.65. The Labute approximate surface area is 158 Å². The Morgan fingerprint density at radius 2 is 2.04 bits per heavy atom. The molecule has 2 aromatic rings. The van der Waals surface area contributed by atoms with Crippen LogP contribution < -0.4 is 5.32 Å². The summed E-state index contributed by atoms with van der Waals surface area (Å²) in [7, 11) is 0. The lowest BCUT2D eigenvalue weighted by Gasteiger charge is -2.20. The van der Waals surface area contributed by atoms with E-state index in [0.717, 1.165) is 24.7 Å². The van der Waals surface area contributed by atoms with Crippen molar-refractivity contribution in [1.29, 1.82) is 0 Å². The minimum atomic E-state index is -4.61. The van der Waals surface area contributed by atoms with E-state index in [4.69, 9.17) is 11.6 Å². The van der Waals surface area contributed by atoms with Crippen LogP contribution in [0.15, 0.2) is 24.5 Å².